The molecule has 0 unspecified atom stereocenters. The molecule has 0 aromatic heterocycles. The lowest BCUT2D eigenvalue weighted by Crippen LogP contribution is -1.76. The van der Waals surface area contributed by atoms with Crippen molar-refractivity contribution in [3.8, 4) is 0 Å². The molecule has 0 spiro atoms. The molecule has 0 saturated heterocycles. The highest BCUT2D eigenvalue weighted by molar-refractivity contribution is 5.33. The molecule has 0 aromatic carbocycles. The van der Waals surface area contributed by atoms with E-state index < -0.39 is 0 Å². The van der Waals surface area contributed by atoms with Crippen molar-refractivity contribution in [1.29, 1.82) is 0 Å². The van der Waals surface area contributed by atoms with Crippen LogP contribution in [0.1, 0.15) is 20.8 Å². The van der Waals surface area contributed by atoms with Gasteiger partial charge in [0.05, 0.1) is 0 Å². The smallest absolute Gasteiger partial charge is 0.0395 e. The van der Waals surface area contributed by atoms with E-state index in [9.17, 15) is 0 Å². The summed E-state index contributed by atoms with van der Waals surface area (Å²) in [7, 11) is 0. The largest absolute Gasteiger partial charge is 0.0991 e. The molecule has 0 nitrogen and oxygen atoms in total. The summed E-state index contributed by atoms with van der Waals surface area (Å²) in [5.41, 5.74) is 2.56. The van der Waals surface area contributed by atoms with Gasteiger partial charge in [0, 0.05) is 0 Å². The molecule has 0 aliphatic heterocycles. The lowest BCUT2D eigenvalue weighted by Gasteiger charge is -1.97. The van der Waals surface area contributed by atoms with Gasteiger partial charge >= 0.3 is 0 Å². The van der Waals surface area contributed by atoms with E-state index >= 15 is 0 Å². The third-order valence-corrected chi connectivity index (χ3v) is 1.75. The molecule has 0 heteroatoms. The molecule has 0 heterocycles. The Hall–Kier alpha value is -1.30. The fourth-order valence-electron chi connectivity index (χ4n) is 0.782. The van der Waals surface area contributed by atoms with Crippen molar-refractivity contribution in [2.75, 3.05) is 0 Å². The highest BCUT2D eigenvalue weighted by atomic mass is 13.9. The summed E-state index contributed by atoms with van der Waals surface area (Å²) in [6.07, 6.45) is 13.9. The molecule has 0 aliphatic carbocycles. The van der Waals surface area contributed by atoms with Crippen molar-refractivity contribution in [3.63, 3.8) is 0 Å². The molecule has 0 N–H and O–H groups in total. The number of hydrogen-bond donors (Lipinski definition) is 0. The predicted molar refractivity (Wildman–Crippen MR) is 61.7 cm³/mol. The molecule has 0 radical (unpaired) electrons. The minimum absolute atomic E-state index is 1.27. The Morgan fingerprint density at radius 3 is 1.92 bits per heavy atom. The molecule has 0 saturated carbocycles. The molecule has 0 fully saturated rings. The summed E-state index contributed by atoms with van der Waals surface area (Å²) < 4.78 is 0. The molecule has 0 aromatic rings. The van der Waals surface area contributed by atoms with E-state index in [1.807, 2.05) is 31.2 Å². The van der Waals surface area contributed by atoms with Gasteiger partial charge < -0.3 is 0 Å². The Kier molecular flexibility index (Phi) is 6.62. The fraction of sp³-hybridized carbons (Fsp3) is 0.231. The monoisotopic (exact) mass is 174 g/mol. The van der Waals surface area contributed by atoms with Crippen molar-refractivity contribution in [2.24, 2.45) is 0 Å². The minimum atomic E-state index is 1.27. The summed E-state index contributed by atoms with van der Waals surface area (Å²) >= 11 is 0. The molecular formula is C13H18. The van der Waals surface area contributed by atoms with Gasteiger partial charge in [-0.05, 0) is 31.9 Å². The molecule has 0 rings (SSSR count). The standard InChI is InChI=1S/C13H18/c1-5-7-9-11-13(4)12(3)10-8-6-2/h5-11H,1H2,2-4H3/b8-6-,9-7-,12-10+,13-11+. The first-order valence-corrected chi connectivity index (χ1v) is 4.48. The topological polar surface area (TPSA) is 0 Å². The molecular weight excluding hydrogens is 156 g/mol. The Balaban J connectivity index is 4.39. The van der Waals surface area contributed by atoms with Crippen molar-refractivity contribution in [1.82, 2.24) is 0 Å². The van der Waals surface area contributed by atoms with E-state index in [2.05, 4.69) is 32.6 Å². The normalized spacial score (nSPS) is 14.4. The van der Waals surface area contributed by atoms with Crippen LogP contribution in [0, 0.1) is 0 Å². The molecule has 13 heavy (non-hydrogen) atoms. The second-order valence-corrected chi connectivity index (χ2v) is 2.85. The van der Waals surface area contributed by atoms with E-state index in [-0.39, 0.29) is 0 Å². The Bertz CT molecular complexity index is 260. The maximum atomic E-state index is 3.61. The van der Waals surface area contributed by atoms with Crippen LogP contribution in [0.4, 0.5) is 0 Å². The first-order valence-electron chi connectivity index (χ1n) is 4.48. The van der Waals surface area contributed by atoms with E-state index in [1.165, 1.54) is 11.1 Å². The van der Waals surface area contributed by atoms with Crippen molar-refractivity contribution in [3.05, 3.63) is 60.3 Å². The zero-order valence-corrected chi connectivity index (χ0v) is 8.75. The number of hydrogen-bond acceptors (Lipinski definition) is 0. The van der Waals surface area contributed by atoms with Gasteiger partial charge in [-0.2, -0.15) is 0 Å². The van der Waals surface area contributed by atoms with Crippen molar-refractivity contribution in [2.45, 2.75) is 20.8 Å². The Morgan fingerprint density at radius 1 is 0.923 bits per heavy atom. The van der Waals surface area contributed by atoms with Crippen LogP contribution in [0.15, 0.2) is 60.3 Å². The van der Waals surface area contributed by atoms with Crippen LogP contribution in [-0.2, 0) is 0 Å². The first kappa shape index (κ1) is 11.7. The van der Waals surface area contributed by atoms with Crippen LogP contribution in [0.2, 0.25) is 0 Å². The lowest BCUT2D eigenvalue weighted by atomic mass is 10.1. The summed E-state index contributed by atoms with van der Waals surface area (Å²) in [4.78, 5) is 0. The van der Waals surface area contributed by atoms with Gasteiger partial charge in [-0.25, -0.2) is 0 Å². The van der Waals surface area contributed by atoms with Crippen LogP contribution >= 0.6 is 0 Å². The second-order valence-electron chi connectivity index (χ2n) is 2.85. The predicted octanol–water partition coefficient (Wildman–Crippen LogP) is 4.20. The lowest BCUT2D eigenvalue weighted by molar-refractivity contribution is 1.34. The average Bonchev–Trinajstić information content (AvgIpc) is 2.14. The second kappa shape index (κ2) is 7.35. The zero-order chi connectivity index (χ0) is 10.1. The van der Waals surface area contributed by atoms with Gasteiger partial charge in [0.15, 0.2) is 0 Å². The maximum Gasteiger partial charge on any atom is -0.0395 e. The third-order valence-electron chi connectivity index (χ3n) is 1.75. The minimum Gasteiger partial charge on any atom is -0.0991 e. The van der Waals surface area contributed by atoms with Crippen LogP contribution < -0.4 is 0 Å². The molecule has 0 amide bonds. The van der Waals surface area contributed by atoms with E-state index in [4.69, 9.17) is 0 Å². The fourth-order valence-corrected chi connectivity index (χ4v) is 0.782. The van der Waals surface area contributed by atoms with Crippen molar-refractivity contribution >= 4 is 0 Å². The van der Waals surface area contributed by atoms with Crippen LogP contribution in [0.25, 0.3) is 0 Å². The SMILES string of the molecule is C=C\C=C/C=C(C)/C(C)=C/C=C\C. The molecule has 70 valence electrons. The summed E-state index contributed by atoms with van der Waals surface area (Å²) in [6.45, 7) is 9.83. The first-order chi connectivity index (χ1) is 6.22. The van der Waals surface area contributed by atoms with Crippen molar-refractivity contribution < 1.29 is 0 Å². The van der Waals surface area contributed by atoms with E-state index in [0.29, 0.717) is 0 Å². The third kappa shape index (κ3) is 5.92. The van der Waals surface area contributed by atoms with Crippen LogP contribution in [0.5, 0.6) is 0 Å². The molecule has 0 bridgehead atoms. The maximum absolute atomic E-state index is 3.61. The van der Waals surface area contributed by atoms with E-state index in [0.717, 1.165) is 0 Å². The van der Waals surface area contributed by atoms with Gasteiger partial charge in [0.1, 0.15) is 0 Å². The van der Waals surface area contributed by atoms with E-state index in [1.54, 1.807) is 6.08 Å². The highest BCUT2D eigenvalue weighted by Crippen LogP contribution is 2.07. The van der Waals surface area contributed by atoms with Gasteiger partial charge in [-0.3, -0.25) is 0 Å². The molecule has 0 atom stereocenters. The Labute approximate surface area is 81.7 Å². The van der Waals surface area contributed by atoms with Gasteiger partial charge in [-0.1, -0.05) is 49.1 Å². The van der Waals surface area contributed by atoms with Crippen LogP contribution in [-0.4, -0.2) is 0 Å². The summed E-state index contributed by atoms with van der Waals surface area (Å²) in [5.74, 6) is 0. The van der Waals surface area contributed by atoms with Gasteiger partial charge in [-0.15, -0.1) is 0 Å². The summed E-state index contributed by atoms with van der Waals surface area (Å²) in [6, 6.07) is 0. The average molecular weight is 174 g/mol. The Morgan fingerprint density at radius 2 is 1.46 bits per heavy atom. The van der Waals surface area contributed by atoms with Gasteiger partial charge in [0.25, 0.3) is 0 Å². The summed E-state index contributed by atoms with van der Waals surface area (Å²) in [5, 5.41) is 0. The van der Waals surface area contributed by atoms with Gasteiger partial charge in [0.2, 0.25) is 0 Å². The number of allylic oxidation sites excluding steroid dienone is 9. The highest BCUT2D eigenvalue weighted by Gasteiger charge is 1.87. The van der Waals surface area contributed by atoms with Crippen LogP contribution in [0.3, 0.4) is 0 Å². The quantitative estimate of drug-likeness (QED) is 0.560. The zero-order valence-electron chi connectivity index (χ0n) is 8.75. The molecule has 0 aliphatic rings. The number of rotatable bonds is 4.